The molecular weight excluding hydrogens is 245 g/mol. The van der Waals surface area contributed by atoms with Gasteiger partial charge < -0.3 is 10.5 Å². The fourth-order valence-electron chi connectivity index (χ4n) is 1.56. The number of hydrogen-bond acceptors (Lipinski definition) is 2. The highest BCUT2D eigenvalue weighted by molar-refractivity contribution is 6.35. The molecule has 4 heteroatoms. The van der Waals surface area contributed by atoms with Crippen LogP contribution in [0, 0.1) is 5.41 Å². The van der Waals surface area contributed by atoms with Crippen LogP contribution >= 0.6 is 23.2 Å². The topological polar surface area (TPSA) is 35.2 Å². The number of benzene rings is 1. The van der Waals surface area contributed by atoms with E-state index in [0.717, 1.165) is 12.0 Å². The van der Waals surface area contributed by atoms with Gasteiger partial charge in [-0.3, -0.25) is 0 Å². The minimum Gasteiger partial charge on any atom is -0.495 e. The highest BCUT2D eigenvalue weighted by atomic mass is 35.5. The molecule has 0 unspecified atom stereocenters. The summed E-state index contributed by atoms with van der Waals surface area (Å²) in [5.74, 6) is 0.688. The lowest BCUT2D eigenvalue weighted by molar-refractivity contribution is 0.359. The number of ether oxygens (including phenoxy) is 1. The van der Waals surface area contributed by atoms with Crippen LogP contribution in [0.15, 0.2) is 12.1 Å². The third kappa shape index (κ3) is 3.27. The zero-order valence-corrected chi connectivity index (χ0v) is 11.3. The number of methoxy groups -OCH3 is 1. The maximum absolute atomic E-state index is 6.07. The smallest absolute Gasteiger partial charge is 0.140 e. The summed E-state index contributed by atoms with van der Waals surface area (Å²) < 4.78 is 5.29. The van der Waals surface area contributed by atoms with Gasteiger partial charge in [-0.15, -0.1) is 0 Å². The highest BCUT2D eigenvalue weighted by Crippen LogP contribution is 2.35. The van der Waals surface area contributed by atoms with Crippen molar-refractivity contribution in [3.05, 3.63) is 27.7 Å². The largest absolute Gasteiger partial charge is 0.495 e. The third-order valence-electron chi connectivity index (χ3n) is 2.51. The van der Waals surface area contributed by atoms with Gasteiger partial charge in [0.1, 0.15) is 5.75 Å². The zero-order chi connectivity index (χ0) is 12.3. The van der Waals surface area contributed by atoms with E-state index in [2.05, 4.69) is 13.8 Å². The van der Waals surface area contributed by atoms with Crippen LogP contribution in [0.2, 0.25) is 10.0 Å². The number of hydrogen-bond donors (Lipinski definition) is 1. The molecule has 0 radical (unpaired) electrons. The van der Waals surface area contributed by atoms with Gasteiger partial charge in [-0.05, 0) is 36.1 Å². The van der Waals surface area contributed by atoms with E-state index in [9.17, 15) is 0 Å². The first kappa shape index (κ1) is 13.6. The molecule has 0 heterocycles. The maximum Gasteiger partial charge on any atom is 0.140 e. The van der Waals surface area contributed by atoms with E-state index in [1.54, 1.807) is 13.2 Å². The van der Waals surface area contributed by atoms with E-state index in [1.807, 2.05) is 6.07 Å². The average Bonchev–Trinajstić information content (AvgIpc) is 2.16. The Labute approximate surface area is 107 Å². The minimum absolute atomic E-state index is 0.00128. The van der Waals surface area contributed by atoms with Gasteiger partial charge in [0.05, 0.1) is 12.1 Å². The van der Waals surface area contributed by atoms with Gasteiger partial charge in [-0.1, -0.05) is 37.0 Å². The SMILES string of the molecule is COc1c(Cl)cc(Cl)cc1CC(C)(C)CN. The molecular formula is C12H17Cl2NO. The zero-order valence-electron chi connectivity index (χ0n) is 9.81. The van der Waals surface area contributed by atoms with E-state index in [1.165, 1.54) is 0 Å². The van der Waals surface area contributed by atoms with Crippen LogP contribution < -0.4 is 10.5 Å². The summed E-state index contributed by atoms with van der Waals surface area (Å²) in [5.41, 5.74) is 6.71. The van der Waals surface area contributed by atoms with Crippen molar-refractivity contribution >= 4 is 23.2 Å². The lowest BCUT2D eigenvalue weighted by atomic mass is 9.85. The molecule has 2 nitrogen and oxygen atoms in total. The van der Waals surface area contributed by atoms with Gasteiger partial charge in [-0.2, -0.15) is 0 Å². The van der Waals surface area contributed by atoms with Crippen molar-refractivity contribution in [1.82, 2.24) is 0 Å². The van der Waals surface area contributed by atoms with E-state index in [4.69, 9.17) is 33.7 Å². The van der Waals surface area contributed by atoms with Crippen LogP contribution in [0.1, 0.15) is 19.4 Å². The van der Waals surface area contributed by atoms with Crippen molar-refractivity contribution in [2.75, 3.05) is 13.7 Å². The fourth-order valence-corrected chi connectivity index (χ4v) is 2.17. The van der Waals surface area contributed by atoms with Crippen molar-refractivity contribution in [3.8, 4) is 5.75 Å². The molecule has 0 saturated carbocycles. The van der Waals surface area contributed by atoms with Crippen molar-refractivity contribution in [2.45, 2.75) is 20.3 Å². The van der Waals surface area contributed by atoms with Crippen molar-refractivity contribution in [1.29, 1.82) is 0 Å². The Morgan fingerprint density at radius 1 is 1.31 bits per heavy atom. The van der Waals surface area contributed by atoms with Crippen molar-refractivity contribution in [3.63, 3.8) is 0 Å². The summed E-state index contributed by atoms with van der Waals surface area (Å²) in [5, 5.41) is 1.16. The summed E-state index contributed by atoms with van der Waals surface area (Å²) in [7, 11) is 1.61. The van der Waals surface area contributed by atoms with Crippen molar-refractivity contribution < 1.29 is 4.74 Å². The molecule has 1 aromatic rings. The summed E-state index contributed by atoms with van der Waals surface area (Å²) in [6.07, 6.45) is 0.785. The summed E-state index contributed by atoms with van der Waals surface area (Å²) in [4.78, 5) is 0. The predicted molar refractivity (Wildman–Crippen MR) is 69.6 cm³/mol. The lowest BCUT2D eigenvalue weighted by Gasteiger charge is -2.24. The molecule has 0 aliphatic rings. The molecule has 0 bridgehead atoms. The summed E-state index contributed by atoms with van der Waals surface area (Å²) >= 11 is 12.0. The van der Waals surface area contributed by atoms with Crippen LogP contribution in [0.5, 0.6) is 5.75 Å². The monoisotopic (exact) mass is 261 g/mol. The Hall–Kier alpha value is -0.440. The highest BCUT2D eigenvalue weighted by Gasteiger charge is 2.20. The Morgan fingerprint density at radius 2 is 1.94 bits per heavy atom. The van der Waals surface area contributed by atoms with E-state index in [0.29, 0.717) is 22.3 Å². The maximum atomic E-state index is 6.07. The Balaban J connectivity index is 3.12. The van der Waals surface area contributed by atoms with Gasteiger partial charge in [-0.25, -0.2) is 0 Å². The summed E-state index contributed by atoms with van der Waals surface area (Å²) in [6, 6.07) is 3.56. The van der Waals surface area contributed by atoms with Gasteiger partial charge >= 0.3 is 0 Å². The molecule has 0 spiro atoms. The molecule has 1 rings (SSSR count). The molecule has 1 aromatic carbocycles. The number of rotatable bonds is 4. The molecule has 0 saturated heterocycles. The quantitative estimate of drug-likeness (QED) is 0.900. The molecule has 0 amide bonds. The van der Waals surface area contributed by atoms with Crippen molar-refractivity contribution in [2.24, 2.45) is 11.1 Å². The third-order valence-corrected chi connectivity index (χ3v) is 3.01. The molecule has 0 fully saturated rings. The Bertz CT molecular complexity index is 378. The second-order valence-corrected chi connectivity index (χ2v) is 5.47. The fraction of sp³-hybridized carbons (Fsp3) is 0.500. The number of nitrogens with two attached hydrogens (primary N) is 1. The Morgan fingerprint density at radius 3 is 2.44 bits per heavy atom. The van der Waals surface area contributed by atoms with E-state index >= 15 is 0 Å². The molecule has 2 N–H and O–H groups in total. The van der Waals surface area contributed by atoms with Gasteiger partial charge in [0, 0.05) is 5.02 Å². The first-order valence-corrected chi connectivity index (χ1v) is 5.87. The first-order chi connectivity index (χ1) is 7.39. The minimum atomic E-state index is 0.00128. The molecule has 0 aliphatic heterocycles. The molecule has 90 valence electrons. The summed E-state index contributed by atoms with van der Waals surface area (Å²) in [6.45, 7) is 4.79. The van der Waals surface area contributed by atoms with Gasteiger partial charge in [0.2, 0.25) is 0 Å². The van der Waals surface area contributed by atoms with Crippen LogP contribution in [0.3, 0.4) is 0 Å². The average molecular weight is 262 g/mol. The van der Waals surface area contributed by atoms with Crippen LogP contribution in [0.4, 0.5) is 0 Å². The second-order valence-electron chi connectivity index (χ2n) is 4.63. The van der Waals surface area contributed by atoms with Gasteiger partial charge in [0.15, 0.2) is 0 Å². The molecule has 0 atom stereocenters. The predicted octanol–water partition coefficient (Wildman–Crippen LogP) is 3.53. The van der Waals surface area contributed by atoms with Crippen LogP contribution in [-0.4, -0.2) is 13.7 Å². The normalized spacial score (nSPS) is 11.6. The van der Waals surface area contributed by atoms with Crippen LogP contribution in [0.25, 0.3) is 0 Å². The van der Waals surface area contributed by atoms with E-state index in [-0.39, 0.29) is 5.41 Å². The van der Waals surface area contributed by atoms with E-state index < -0.39 is 0 Å². The Kier molecular flexibility index (Phi) is 4.48. The van der Waals surface area contributed by atoms with Gasteiger partial charge in [0.25, 0.3) is 0 Å². The molecule has 0 aromatic heterocycles. The molecule has 16 heavy (non-hydrogen) atoms. The number of halogens is 2. The lowest BCUT2D eigenvalue weighted by Crippen LogP contribution is -2.26. The second kappa shape index (κ2) is 5.26. The first-order valence-electron chi connectivity index (χ1n) is 5.11. The molecule has 0 aliphatic carbocycles. The standard InChI is InChI=1S/C12H17Cl2NO/c1-12(2,7-15)6-8-4-9(13)5-10(14)11(8)16-3/h4-5H,6-7,15H2,1-3H3. The van der Waals surface area contributed by atoms with Crippen LogP contribution in [-0.2, 0) is 6.42 Å².